The average molecular weight is 214 g/mol. The first-order valence-corrected chi connectivity index (χ1v) is 5.10. The predicted octanol–water partition coefficient (Wildman–Crippen LogP) is 2.14. The molecule has 0 saturated heterocycles. The number of pyridine rings is 1. The molecule has 0 aliphatic carbocycles. The highest BCUT2D eigenvalue weighted by Gasteiger charge is 2.08. The lowest BCUT2D eigenvalue weighted by Crippen LogP contribution is -2.11. The fourth-order valence-electron chi connectivity index (χ4n) is 1.56. The summed E-state index contributed by atoms with van der Waals surface area (Å²) in [5, 5.41) is 0. The van der Waals surface area contributed by atoms with Crippen LogP contribution in [0.25, 0.3) is 0 Å². The van der Waals surface area contributed by atoms with Crippen LogP contribution in [-0.4, -0.2) is 12.1 Å². The Morgan fingerprint density at radius 3 is 2.44 bits per heavy atom. The van der Waals surface area contributed by atoms with E-state index >= 15 is 0 Å². The normalized spacial score (nSPS) is 12.1. The van der Waals surface area contributed by atoms with Gasteiger partial charge in [0.25, 0.3) is 0 Å². The summed E-state index contributed by atoms with van der Waals surface area (Å²) in [6, 6.07) is 11.5. The zero-order valence-corrected chi connectivity index (χ0v) is 9.13. The van der Waals surface area contributed by atoms with Crippen LogP contribution in [0.15, 0.2) is 48.8 Å². The molecule has 2 aromatic rings. The number of methoxy groups -OCH3 is 1. The van der Waals surface area contributed by atoms with E-state index < -0.39 is 0 Å². The van der Waals surface area contributed by atoms with Crippen LogP contribution in [-0.2, 0) is 0 Å². The van der Waals surface area contributed by atoms with Gasteiger partial charge in [-0.25, -0.2) is 0 Å². The molecule has 0 spiro atoms. The number of nitrogens with zero attached hydrogens (tertiary/aromatic N) is 1. The van der Waals surface area contributed by atoms with Crippen LogP contribution in [0.4, 0.5) is 0 Å². The quantitative estimate of drug-likeness (QED) is 0.851. The van der Waals surface area contributed by atoms with Crippen molar-refractivity contribution in [2.45, 2.75) is 6.04 Å². The number of hydrogen-bond donors (Lipinski definition) is 1. The molecule has 1 aromatic carbocycles. The summed E-state index contributed by atoms with van der Waals surface area (Å²) in [4.78, 5) is 4.06. The minimum atomic E-state index is -0.139. The summed E-state index contributed by atoms with van der Waals surface area (Å²) in [6.45, 7) is 0. The van der Waals surface area contributed by atoms with Gasteiger partial charge in [-0.3, -0.25) is 4.98 Å². The molecule has 0 fully saturated rings. The van der Waals surface area contributed by atoms with Crippen LogP contribution < -0.4 is 10.5 Å². The standard InChI is InChI=1S/C13H14N2O/c1-16-12-6-4-10(5-7-12)13(14)11-3-2-8-15-9-11/h2-9,13H,14H2,1H3. The number of rotatable bonds is 3. The number of nitrogens with two attached hydrogens (primary N) is 1. The van der Waals surface area contributed by atoms with Gasteiger partial charge >= 0.3 is 0 Å². The maximum absolute atomic E-state index is 6.13. The third-order valence-corrected chi connectivity index (χ3v) is 2.52. The highest BCUT2D eigenvalue weighted by molar-refractivity contribution is 5.33. The molecule has 0 aliphatic rings. The lowest BCUT2D eigenvalue weighted by atomic mass is 10.0. The highest BCUT2D eigenvalue weighted by Crippen LogP contribution is 2.20. The lowest BCUT2D eigenvalue weighted by Gasteiger charge is -2.12. The lowest BCUT2D eigenvalue weighted by molar-refractivity contribution is 0.414. The van der Waals surface area contributed by atoms with E-state index in [0.29, 0.717) is 0 Å². The van der Waals surface area contributed by atoms with Crippen molar-refractivity contribution < 1.29 is 4.74 Å². The van der Waals surface area contributed by atoms with Crippen molar-refractivity contribution in [3.05, 3.63) is 59.9 Å². The summed E-state index contributed by atoms with van der Waals surface area (Å²) in [5.41, 5.74) is 8.18. The Morgan fingerprint density at radius 1 is 1.12 bits per heavy atom. The average Bonchev–Trinajstić information content (AvgIpc) is 2.39. The first-order chi connectivity index (χ1) is 7.81. The van der Waals surface area contributed by atoms with Crippen molar-refractivity contribution >= 4 is 0 Å². The number of aromatic nitrogens is 1. The van der Waals surface area contributed by atoms with Crippen LogP contribution in [0.1, 0.15) is 17.2 Å². The van der Waals surface area contributed by atoms with E-state index in [9.17, 15) is 0 Å². The van der Waals surface area contributed by atoms with Crippen LogP contribution in [0.5, 0.6) is 5.75 Å². The van der Waals surface area contributed by atoms with Crippen LogP contribution in [0, 0.1) is 0 Å². The Balaban J connectivity index is 2.24. The van der Waals surface area contributed by atoms with Gasteiger partial charge < -0.3 is 10.5 Å². The van der Waals surface area contributed by atoms with Gasteiger partial charge in [-0.1, -0.05) is 18.2 Å². The molecule has 0 bridgehead atoms. The molecule has 1 unspecified atom stereocenters. The first-order valence-electron chi connectivity index (χ1n) is 5.10. The van der Waals surface area contributed by atoms with Crippen molar-refractivity contribution in [1.82, 2.24) is 4.98 Å². The van der Waals surface area contributed by atoms with Gasteiger partial charge in [0, 0.05) is 12.4 Å². The molecule has 2 rings (SSSR count). The number of benzene rings is 1. The van der Waals surface area contributed by atoms with E-state index in [1.807, 2.05) is 36.4 Å². The first kappa shape index (κ1) is 10.6. The highest BCUT2D eigenvalue weighted by atomic mass is 16.5. The van der Waals surface area contributed by atoms with Crippen LogP contribution in [0.3, 0.4) is 0 Å². The van der Waals surface area contributed by atoms with E-state index in [1.165, 1.54) is 0 Å². The third-order valence-electron chi connectivity index (χ3n) is 2.52. The Kier molecular flexibility index (Phi) is 3.17. The molecule has 0 amide bonds. The molecular weight excluding hydrogens is 200 g/mol. The van der Waals surface area contributed by atoms with Gasteiger partial charge in [0.15, 0.2) is 0 Å². The summed E-state index contributed by atoms with van der Waals surface area (Å²) in [7, 11) is 1.65. The molecule has 0 aliphatic heterocycles. The molecular formula is C13H14N2O. The van der Waals surface area contributed by atoms with E-state index in [-0.39, 0.29) is 6.04 Å². The Hall–Kier alpha value is -1.87. The van der Waals surface area contributed by atoms with Crippen molar-refractivity contribution in [2.75, 3.05) is 7.11 Å². The fourth-order valence-corrected chi connectivity index (χ4v) is 1.56. The van der Waals surface area contributed by atoms with Gasteiger partial charge in [-0.15, -0.1) is 0 Å². The van der Waals surface area contributed by atoms with Gasteiger partial charge in [0.1, 0.15) is 5.75 Å². The molecule has 16 heavy (non-hydrogen) atoms. The van der Waals surface area contributed by atoms with Crippen molar-refractivity contribution in [3.8, 4) is 5.75 Å². The van der Waals surface area contributed by atoms with Gasteiger partial charge in [0.05, 0.1) is 13.2 Å². The Morgan fingerprint density at radius 2 is 1.88 bits per heavy atom. The minimum absolute atomic E-state index is 0.139. The van der Waals surface area contributed by atoms with Crippen molar-refractivity contribution in [2.24, 2.45) is 5.73 Å². The molecule has 2 N–H and O–H groups in total. The van der Waals surface area contributed by atoms with Crippen LogP contribution >= 0.6 is 0 Å². The second-order valence-corrected chi connectivity index (χ2v) is 3.54. The molecule has 1 aromatic heterocycles. The Labute approximate surface area is 94.9 Å². The second kappa shape index (κ2) is 4.77. The topological polar surface area (TPSA) is 48.1 Å². The van der Waals surface area contributed by atoms with E-state index in [4.69, 9.17) is 10.5 Å². The number of ether oxygens (including phenoxy) is 1. The molecule has 3 heteroatoms. The third kappa shape index (κ3) is 2.20. The van der Waals surface area contributed by atoms with Gasteiger partial charge in [0.2, 0.25) is 0 Å². The zero-order valence-electron chi connectivity index (χ0n) is 9.13. The minimum Gasteiger partial charge on any atom is -0.497 e. The van der Waals surface area contributed by atoms with E-state index in [0.717, 1.165) is 16.9 Å². The molecule has 0 saturated carbocycles. The molecule has 0 radical (unpaired) electrons. The molecule has 1 heterocycles. The fraction of sp³-hybridized carbons (Fsp3) is 0.154. The summed E-state index contributed by atoms with van der Waals surface area (Å²) >= 11 is 0. The van der Waals surface area contributed by atoms with E-state index in [2.05, 4.69) is 4.98 Å². The monoisotopic (exact) mass is 214 g/mol. The predicted molar refractivity (Wildman–Crippen MR) is 63.3 cm³/mol. The summed E-state index contributed by atoms with van der Waals surface area (Å²) in [6.07, 6.45) is 3.53. The van der Waals surface area contributed by atoms with Gasteiger partial charge in [-0.05, 0) is 29.3 Å². The van der Waals surface area contributed by atoms with Crippen molar-refractivity contribution in [1.29, 1.82) is 0 Å². The second-order valence-electron chi connectivity index (χ2n) is 3.54. The smallest absolute Gasteiger partial charge is 0.118 e. The largest absolute Gasteiger partial charge is 0.497 e. The maximum atomic E-state index is 6.13. The SMILES string of the molecule is COc1ccc(C(N)c2cccnc2)cc1. The maximum Gasteiger partial charge on any atom is 0.118 e. The Bertz CT molecular complexity index is 439. The molecule has 1 atom stereocenters. The summed E-state index contributed by atoms with van der Waals surface area (Å²) < 4.78 is 5.10. The molecule has 3 nitrogen and oxygen atoms in total. The van der Waals surface area contributed by atoms with Crippen molar-refractivity contribution in [3.63, 3.8) is 0 Å². The molecule has 82 valence electrons. The summed E-state index contributed by atoms with van der Waals surface area (Å²) in [5.74, 6) is 0.835. The van der Waals surface area contributed by atoms with Gasteiger partial charge in [-0.2, -0.15) is 0 Å². The zero-order chi connectivity index (χ0) is 11.4. The number of hydrogen-bond acceptors (Lipinski definition) is 3. The van der Waals surface area contributed by atoms with Crippen LogP contribution in [0.2, 0.25) is 0 Å². The van der Waals surface area contributed by atoms with E-state index in [1.54, 1.807) is 19.5 Å².